The SMILES string of the molecule is C=Cc1c(C)c2cc3[nH]c(cc4nc(cc5nc(cc1[nH]2)C(C)=C5CCC(=O)O)C(CCC(=O)NC)=C4C)c(C)c3C=C. The minimum Gasteiger partial charge on any atom is -0.481 e. The maximum atomic E-state index is 12.2. The molecule has 2 aliphatic heterocycles. The van der Waals surface area contributed by atoms with Crippen LogP contribution in [-0.4, -0.2) is 44.0 Å². The third kappa shape index (κ3) is 5.48. The Labute approximate surface area is 251 Å². The first-order chi connectivity index (χ1) is 20.6. The topological polar surface area (TPSA) is 124 Å². The van der Waals surface area contributed by atoms with Crippen molar-refractivity contribution in [3.63, 3.8) is 0 Å². The van der Waals surface area contributed by atoms with Crippen LogP contribution in [0.15, 0.2) is 37.4 Å². The summed E-state index contributed by atoms with van der Waals surface area (Å²) in [7, 11) is 1.63. The summed E-state index contributed by atoms with van der Waals surface area (Å²) in [5, 5.41) is 12.2. The lowest BCUT2D eigenvalue weighted by atomic mass is 9.98. The number of hydrogen-bond donors (Lipinski definition) is 4. The van der Waals surface area contributed by atoms with Gasteiger partial charge >= 0.3 is 5.97 Å². The lowest BCUT2D eigenvalue weighted by Gasteiger charge is -2.06. The number of fused-ring (bicyclic) bond motifs is 8. The number of H-pyrrole nitrogens is 2. The summed E-state index contributed by atoms with van der Waals surface area (Å²) < 4.78 is 0. The highest BCUT2D eigenvalue weighted by Gasteiger charge is 2.22. The van der Waals surface area contributed by atoms with Gasteiger partial charge in [0.1, 0.15) is 0 Å². The van der Waals surface area contributed by atoms with Crippen LogP contribution in [0.1, 0.15) is 84.6 Å². The molecule has 3 aromatic rings. The van der Waals surface area contributed by atoms with Crippen LogP contribution >= 0.6 is 0 Å². The van der Waals surface area contributed by atoms with Gasteiger partial charge in [0.15, 0.2) is 0 Å². The van der Waals surface area contributed by atoms with Crippen molar-refractivity contribution in [2.45, 2.75) is 53.4 Å². The highest BCUT2D eigenvalue weighted by molar-refractivity contribution is 5.97. The fraction of sp³-hybridized carbons (Fsp3) is 0.257. The molecule has 220 valence electrons. The zero-order valence-electron chi connectivity index (χ0n) is 25.4. The summed E-state index contributed by atoms with van der Waals surface area (Å²) in [5.41, 5.74) is 14.4. The maximum absolute atomic E-state index is 12.2. The summed E-state index contributed by atoms with van der Waals surface area (Å²) in [4.78, 5) is 41.0. The van der Waals surface area contributed by atoms with E-state index in [1.54, 1.807) is 7.05 Å². The van der Waals surface area contributed by atoms with Crippen molar-refractivity contribution in [1.82, 2.24) is 25.3 Å². The second kappa shape index (κ2) is 11.7. The van der Waals surface area contributed by atoms with E-state index in [2.05, 4.69) is 48.4 Å². The number of carboxylic acid groups (broad SMARTS) is 1. The van der Waals surface area contributed by atoms with Crippen LogP contribution in [-0.2, 0) is 9.59 Å². The number of allylic oxidation sites excluding steroid dienone is 4. The molecule has 0 saturated carbocycles. The molecule has 5 rings (SSSR count). The van der Waals surface area contributed by atoms with Crippen LogP contribution in [0.5, 0.6) is 0 Å². The molecule has 0 aromatic carbocycles. The number of amides is 1. The number of nitrogens with one attached hydrogen (secondary N) is 3. The standard InChI is InChI=1S/C35H37N5O3/c1-8-22-18(3)26-14-27-20(5)24(10-12-34(41)36-7)32(39-27)17-33-25(11-13-35(42)43)21(6)29(40-33)16-31-23(9-2)19(4)28(38-31)15-30(22)37-26/h8-9,14-17,37-38H,1-2,10-13H2,3-7H3,(H,36,41)(H,42,43). The van der Waals surface area contributed by atoms with E-state index >= 15 is 0 Å². The molecule has 0 atom stereocenters. The first kappa shape index (κ1) is 29.5. The van der Waals surface area contributed by atoms with Crippen LogP contribution in [0, 0.1) is 13.8 Å². The minimum absolute atomic E-state index is 0.0126. The minimum atomic E-state index is -0.866. The van der Waals surface area contributed by atoms with Gasteiger partial charge in [-0.2, -0.15) is 0 Å². The predicted molar refractivity (Wildman–Crippen MR) is 176 cm³/mol. The fourth-order valence-electron chi connectivity index (χ4n) is 5.90. The number of rotatable bonds is 8. The quantitative estimate of drug-likeness (QED) is 0.222. The van der Waals surface area contributed by atoms with Crippen molar-refractivity contribution in [3.05, 3.63) is 82.5 Å². The van der Waals surface area contributed by atoms with E-state index in [0.29, 0.717) is 25.0 Å². The molecule has 4 N–H and O–H groups in total. The number of aliphatic carboxylic acids is 1. The van der Waals surface area contributed by atoms with Gasteiger partial charge in [-0.3, -0.25) is 9.59 Å². The largest absolute Gasteiger partial charge is 0.481 e. The second-order valence-electron chi connectivity index (χ2n) is 11.0. The summed E-state index contributed by atoms with van der Waals surface area (Å²) in [6.45, 7) is 16.3. The predicted octanol–water partition coefficient (Wildman–Crippen LogP) is 7.47. The van der Waals surface area contributed by atoms with E-state index < -0.39 is 5.97 Å². The van der Waals surface area contributed by atoms with Gasteiger partial charge in [0.25, 0.3) is 0 Å². The lowest BCUT2D eigenvalue weighted by Crippen LogP contribution is -2.17. The molecule has 8 bridgehead atoms. The number of carbonyl (C=O) groups is 2. The highest BCUT2D eigenvalue weighted by Crippen LogP contribution is 2.38. The Morgan fingerprint density at radius 1 is 0.744 bits per heavy atom. The molecule has 5 heterocycles. The monoisotopic (exact) mass is 575 g/mol. The van der Waals surface area contributed by atoms with Gasteiger partial charge in [0.05, 0.1) is 22.8 Å². The Hall–Kier alpha value is -4.98. The Morgan fingerprint density at radius 2 is 1.21 bits per heavy atom. The fourth-order valence-corrected chi connectivity index (χ4v) is 5.90. The second-order valence-corrected chi connectivity index (χ2v) is 11.0. The van der Waals surface area contributed by atoms with Gasteiger partial charge in [0.2, 0.25) is 5.91 Å². The molecule has 2 aliphatic rings. The van der Waals surface area contributed by atoms with Gasteiger partial charge in [-0.1, -0.05) is 25.3 Å². The Bertz CT molecular complexity index is 1930. The Kier molecular flexibility index (Phi) is 8.04. The van der Waals surface area contributed by atoms with Crippen molar-refractivity contribution in [1.29, 1.82) is 0 Å². The van der Waals surface area contributed by atoms with E-state index in [-0.39, 0.29) is 12.3 Å². The van der Waals surface area contributed by atoms with Crippen molar-refractivity contribution < 1.29 is 14.7 Å². The first-order valence-electron chi connectivity index (χ1n) is 14.4. The van der Waals surface area contributed by atoms with E-state index in [9.17, 15) is 14.7 Å². The van der Waals surface area contributed by atoms with E-state index in [1.165, 1.54) is 0 Å². The molecule has 0 radical (unpaired) electrons. The molecule has 1 amide bonds. The van der Waals surface area contributed by atoms with E-state index in [0.717, 1.165) is 83.7 Å². The van der Waals surface area contributed by atoms with Crippen LogP contribution < -0.4 is 5.32 Å². The molecule has 8 heteroatoms. The van der Waals surface area contributed by atoms with Gasteiger partial charge in [-0.15, -0.1) is 0 Å². The van der Waals surface area contributed by atoms with Crippen molar-refractivity contribution in [3.8, 4) is 0 Å². The number of aromatic nitrogens is 4. The Morgan fingerprint density at radius 3 is 1.70 bits per heavy atom. The van der Waals surface area contributed by atoms with Crippen molar-refractivity contribution >= 4 is 68.4 Å². The highest BCUT2D eigenvalue weighted by atomic mass is 16.4. The number of carboxylic acids is 1. The molecular weight excluding hydrogens is 538 g/mol. The van der Waals surface area contributed by atoms with Crippen LogP contribution in [0.25, 0.3) is 56.5 Å². The number of carbonyl (C=O) groups excluding carboxylic acids is 1. The molecule has 43 heavy (non-hydrogen) atoms. The van der Waals surface area contributed by atoms with Crippen LogP contribution in [0.4, 0.5) is 0 Å². The third-order valence-electron chi connectivity index (χ3n) is 8.51. The number of hydrogen-bond acceptors (Lipinski definition) is 4. The molecular formula is C35H37N5O3. The zero-order valence-corrected chi connectivity index (χ0v) is 25.4. The summed E-state index contributed by atoms with van der Waals surface area (Å²) >= 11 is 0. The summed E-state index contributed by atoms with van der Waals surface area (Å²) in [6.07, 6.45) is 4.85. The average molecular weight is 576 g/mol. The zero-order chi connectivity index (χ0) is 31.0. The van der Waals surface area contributed by atoms with Gasteiger partial charge in [-0.25, -0.2) is 9.97 Å². The van der Waals surface area contributed by atoms with Crippen molar-refractivity contribution in [2.24, 2.45) is 0 Å². The van der Waals surface area contributed by atoms with Gasteiger partial charge in [0, 0.05) is 53.1 Å². The molecule has 0 aliphatic carbocycles. The van der Waals surface area contributed by atoms with Gasteiger partial charge < -0.3 is 20.4 Å². The van der Waals surface area contributed by atoms with Crippen LogP contribution in [0.2, 0.25) is 0 Å². The number of aryl methyl sites for hydroxylation is 2. The smallest absolute Gasteiger partial charge is 0.303 e. The third-order valence-corrected chi connectivity index (χ3v) is 8.51. The molecule has 0 saturated heterocycles. The normalized spacial score (nSPS) is 13.0. The number of nitrogens with zero attached hydrogens (tertiary/aromatic N) is 2. The lowest BCUT2D eigenvalue weighted by molar-refractivity contribution is -0.136. The number of aromatic amines is 2. The molecule has 0 unspecified atom stereocenters. The molecule has 3 aromatic heterocycles. The van der Waals surface area contributed by atoms with Crippen molar-refractivity contribution in [2.75, 3.05) is 7.05 Å². The van der Waals surface area contributed by atoms with Gasteiger partial charge in [-0.05, 0) is 98.2 Å². The Balaban J connectivity index is 1.91. The molecule has 0 fully saturated rings. The first-order valence-corrected chi connectivity index (χ1v) is 14.4. The summed E-state index contributed by atoms with van der Waals surface area (Å²) in [5.74, 6) is -0.916. The van der Waals surface area contributed by atoms with E-state index in [4.69, 9.17) is 9.97 Å². The maximum Gasteiger partial charge on any atom is 0.303 e. The molecule has 8 nitrogen and oxygen atoms in total. The molecule has 0 spiro atoms. The van der Waals surface area contributed by atoms with E-state index in [1.807, 2.05) is 44.2 Å². The van der Waals surface area contributed by atoms with Crippen LogP contribution in [0.3, 0.4) is 0 Å². The summed E-state index contributed by atoms with van der Waals surface area (Å²) in [6, 6.07) is 8.06. The average Bonchev–Trinajstić information content (AvgIpc) is 3.63.